The number of carbonyl (C=O) groups excluding carboxylic acids is 1. The van der Waals surface area contributed by atoms with Gasteiger partial charge >= 0.3 is 0 Å². The number of carbonyl (C=O) groups is 1. The fourth-order valence-electron chi connectivity index (χ4n) is 3.86. The Kier molecular flexibility index (Phi) is 5.97. The van der Waals surface area contributed by atoms with Gasteiger partial charge in [-0.15, -0.1) is 0 Å². The standard InChI is InChI=1S/C24H26N2O4/c1-16-8-9-19-21(27)14-22(30-23(19)17(16)2)24(28)25-15-20(18-6-4-3-5-7-18)26-10-12-29-13-11-26/h3-9,14,20H,10-13,15H2,1-2H3,(H,25,28)/t20-/m1/s1. The van der Waals surface area contributed by atoms with Gasteiger partial charge in [-0.3, -0.25) is 14.5 Å². The Hall–Kier alpha value is -2.96. The number of fused-ring (bicyclic) bond motifs is 1. The molecular weight excluding hydrogens is 380 g/mol. The Morgan fingerprint density at radius 1 is 1.10 bits per heavy atom. The van der Waals surface area contributed by atoms with Crippen molar-refractivity contribution in [1.82, 2.24) is 10.2 Å². The van der Waals surface area contributed by atoms with E-state index in [-0.39, 0.29) is 23.1 Å². The lowest BCUT2D eigenvalue weighted by atomic mass is 10.0. The Bertz CT molecular complexity index is 1100. The van der Waals surface area contributed by atoms with Gasteiger partial charge in [0, 0.05) is 25.7 Å². The number of rotatable bonds is 5. The number of amides is 1. The maximum Gasteiger partial charge on any atom is 0.287 e. The van der Waals surface area contributed by atoms with Gasteiger partial charge in [0.2, 0.25) is 0 Å². The molecular formula is C24H26N2O4. The molecule has 6 nitrogen and oxygen atoms in total. The molecule has 1 N–H and O–H groups in total. The Morgan fingerprint density at radius 3 is 2.57 bits per heavy atom. The second-order valence-corrected chi connectivity index (χ2v) is 7.64. The molecule has 1 amide bonds. The molecule has 30 heavy (non-hydrogen) atoms. The van der Waals surface area contributed by atoms with Crippen LogP contribution in [0.25, 0.3) is 11.0 Å². The molecule has 156 valence electrons. The van der Waals surface area contributed by atoms with Crippen molar-refractivity contribution in [3.8, 4) is 0 Å². The van der Waals surface area contributed by atoms with Crippen LogP contribution in [0.2, 0.25) is 0 Å². The Balaban J connectivity index is 1.57. The molecule has 1 fully saturated rings. The van der Waals surface area contributed by atoms with Crippen LogP contribution < -0.4 is 10.7 Å². The van der Waals surface area contributed by atoms with Gasteiger partial charge in [0.25, 0.3) is 5.91 Å². The van der Waals surface area contributed by atoms with E-state index in [9.17, 15) is 9.59 Å². The summed E-state index contributed by atoms with van der Waals surface area (Å²) in [5, 5.41) is 3.46. The second kappa shape index (κ2) is 8.81. The molecule has 0 radical (unpaired) electrons. The summed E-state index contributed by atoms with van der Waals surface area (Å²) in [7, 11) is 0. The predicted molar refractivity (Wildman–Crippen MR) is 116 cm³/mol. The van der Waals surface area contributed by atoms with Crippen LogP contribution in [-0.4, -0.2) is 43.7 Å². The summed E-state index contributed by atoms with van der Waals surface area (Å²) < 4.78 is 11.3. The molecule has 0 spiro atoms. The van der Waals surface area contributed by atoms with Crippen LogP contribution in [0.4, 0.5) is 0 Å². The zero-order valence-electron chi connectivity index (χ0n) is 17.3. The summed E-state index contributed by atoms with van der Waals surface area (Å²) in [5.74, 6) is -0.348. The maximum atomic E-state index is 12.9. The van der Waals surface area contributed by atoms with Gasteiger partial charge in [-0.2, -0.15) is 0 Å². The number of morpholine rings is 1. The smallest absolute Gasteiger partial charge is 0.287 e. The first kappa shape index (κ1) is 20.3. The Morgan fingerprint density at radius 2 is 1.83 bits per heavy atom. The molecule has 1 saturated heterocycles. The van der Waals surface area contributed by atoms with Gasteiger partial charge in [-0.25, -0.2) is 0 Å². The van der Waals surface area contributed by atoms with E-state index in [1.54, 1.807) is 6.07 Å². The van der Waals surface area contributed by atoms with E-state index >= 15 is 0 Å². The normalized spacial score (nSPS) is 15.8. The minimum atomic E-state index is -0.385. The van der Waals surface area contributed by atoms with Gasteiger partial charge in [-0.05, 0) is 36.6 Å². The molecule has 1 atom stereocenters. The summed E-state index contributed by atoms with van der Waals surface area (Å²) in [6, 6.07) is 15.0. The number of aryl methyl sites for hydroxylation is 2. The monoisotopic (exact) mass is 406 g/mol. The van der Waals surface area contributed by atoms with Gasteiger partial charge in [-0.1, -0.05) is 36.4 Å². The van der Waals surface area contributed by atoms with Crippen molar-refractivity contribution < 1.29 is 13.9 Å². The minimum absolute atomic E-state index is 0.0233. The van der Waals surface area contributed by atoms with Crippen molar-refractivity contribution in [2.24, 2.45) is 0 Å². The molecule has 0 unspecified atom stereocenters. The van der Waals surface area contributed by atoms with E-state index in [1.165, 1.54) is 6.07 Å². The van der Waals surface area contributed by atoms with E-state index < -0.39 is 0 Å². The van der Waals surface area contributed by atoms with E-state index in [2.05, 4.69) is 22.3 Å². The number of benzene rings is 2. The van der Waals surface area contributed by atoms with Crippen molar-refractivity contribution in [2.45, 2.75) is 19.9 Å². The molecule has 1 aromatic heterocycles. The number of ether oxygens (including phenoxy) is 1. The van der Waals surface area contributed by atoms with Crippen LogP contribution >= 0.6 is 0 Å². The van der Waals surface area contributed by atoms with Crippen molar-refractivity contribution in [3.63, 3.8) is 0 Å². The van der Waals surface area contributed by atoms with Crippen LogP contribution in [0.3, 0.4) is 0 Å². The molecule has 4 rings (SSSR count). The molecule has 0 bridgehead atoms. The zero-order chi connectivity index (χ0) is 21.1. The van der Waals surface area contributed by atoms with Gasteiger partial charge in [0.15, 0.2) is 11.2 Å². The van der Waals surface area contributed by atoms with Crippen LogP contribution in [-0.2, 0) is 4.74 Å². The average molecular weight is 406 g/mol. The lowest BCUT2D eigenvalue weighted by Crippen LogP contribution is -2.43. The third kappa shape index (κ3) is 4.15. The summed E-state index contributed by atoms with van der Waals surface area (Å²) in [6.45, 7) is 7.22. The maximum absolute atomic E-state index is 12.9. The number of hydrogen-bond acceptors (Lipinski definition) is 5. The number of nitrogens with zero attached hydrogens (tertiary/aromatic N) is 1. The zero-order valence-corrected chi connectivity index (χ0v) is 17.3. The van der Waals surface area contributed by atoms with E-state index in [4.69, 9.17) is 9.15 Å². The van der Waals surface area contributed by atoms with E-state index in [0.29, 0.717) is 30.7 Å². The highest BCUT2D eigenvalue weighted by molar-refractivity contribution is 5.93. The highest BCUT2D eigenvalue weighted by Gasteiger charge is 2.24. The van der Waals surface area contributed by atoms with Crippen LogP contribution in [0.1, 0.15) is 33.3 Å². The molecule has 0 aliphatic carbocycles. The lowest BCUT2D eigenvalue weighted by molar-refractivity contribution is 0.0161. The quantitative estimate of drug-likeness (QED) is 0.705. The van der Waals surface area contributed by atoms with Crippen molar-refractivity contribution in [2.75, 3.05) is 32.8 Å². The molecule has 2 heterocycles. The highest BCUT2D eigenvalue weighted by atomic mass is 16.5. The van der Waals surface area contributed by atoms with Gasteiger partial charge in [0.1, 0.15) is 5.58 Å². The van der Waals surface area contributed by atoms with E-state index in [0.717, 1.165) is 29.8 Å². The second-order valence-electron chi connectivity index (χ2n) is 7.64. The van der Waals surface area contributed by atoms with Gasteiger partial charge in [0.05, 0.1) is 24.6 Å². The first-order valence-electron chi connectivity index (χ1n) is 10.2. The molecule has 1 aliphatic rings. The predicted octanol–water partition coefficient (Wildman–Crippen LogP) is 3.21. The number of nitrogens with one attached hydrogen (secondary N) is 1. The topological polar surface area (TPSA) is 71.8 Å². The van der Waals surface area contributed by atoms with Crippen molar-refractivity contribution >= 4 is 16.9 Å². The van der Waals surface area contributed by atoms with Crippen LogP contribution in [0, 0.1) is 13.8 Å². The third-order valence-electron chi connectivity index (χ3n) is 5.77. The first-order valence-corrected chi connectivity index (χ1v) is 10.2. The fraction of sp³-hybridized carbons (Fsp3) is 0.333. The van der Waals surface area contributed by atoms with Crippen molar-refractivity contribution in [3.05, 3.63) is 81.2 Å². The summed E-state index contributed by atoms with van der Waals surface area (Å²) in [5.41, 5.74) is 3.28. The van der Waals surface area contributed by atoms with Crippen LogP contribution in [0.5, 0.6) is 0 Å². The molecule has 3 aromatic rings. The average Bonchev–Trinajstić information content (AvgIpc) is 2.78. The molecule has 1 aliphatic heterocycles. The summed E-state index contributed by atoms with van der Waals surface area (Å²) >= 11 is 0. The van der Waals surface area contributed by atoms with Crippen LogP contribution in [0.15, 0.2) is 57.7 Å². The third-order valence-corrected chi connectivity index (χ3v) is 5.77. The molecule has 6 heteroatoms. The minimum Gasteiger partial charge on any atom is -0.450 e. The SMILES string of the molecule is Cc1ccc2c(=O)cc(C(=O)NC[C@H](c3ccccc3)N3CCOCC3)oc2c1C. The van der Waals surface area contributed by atoms with Gasteiger partial charge < -0.3 is 14.5 Å². The molecule has 0 saturated carbocycles. The highest BCUT2D eigenvalue weighted by Crippen LogP contribution is 2.22. The lowest BCUT2D eigenvalue weighted by Gasteiger charge is -2.34. The summed E-state index contributed by atoms with van der Waals surface area (Å²) in [4.78, 5) is 27.7. The Labute approximate surface area is 175 Å². The first-order chi connectivity index (χ1) is 14.5. The fourth-order valence-corrected chi connectivity index (χ4v) is 3.86. The largest absolute Gasteiger partial charge is 0.450 e. The summed E-state index contributed by atoms with van der Waals surface area (Å²) in [6.07, 6.45) is 0. The number of hydrogen-bond donors (Lipinski definition) is 1. The van der Waals surface area contributed by atoms with E-state index in [1.807, 2.05) is 38.1 Å². The molecule has 2 aromatic carbocycles. The van der Waals surface area contributed by atoms with Crippen molar-refractivity contribution in [1.29, 1.82) is 0 Å².